The van der Waals surface area contributed by atoms with Crippen LogP contribution in [0.4, 0.5) is 4.79 Å². The number of rotatable bonds is 2. The standard InChI is InChI=1S/C18H14BrNO4/c1-20(2)18(22)23-13-6-7-14-15(10-13)24-16(17(14)21)9-11-4-3-5-12(19)8-11/h3-10H,1-2H3/b16-9-. The Balaban J connectivity index is 1.86. The predicted molar refractivity (Wildman–Crippen MR) is 93.2 cm³/mol. The summed E-state index contributed by atoms with van der Waals surface area (Å²) in [4.78, 5) is 25.3. The maximum Gasteiger partial charge on any atom is 0.414 e. The van der Waals surface area contributed by atoms with Crippen molar-refractivity contribution in [3.05, 3.63) is 63.8 Å². The molecule has 0 radical (unpaired) electrons. The minimum absolute atomic E-state index is 0.199. The number of carbonyl (C=O) groups is 2. The molecule has 0 aliphatic carbocycles. The molecule has 0 N–H and O–H groups in total. The van der Waals surface area contributed by atoms with Crippen LogP contribution in [0, 0.1) is 0 Å². The molecular weight excluding hydrogens is 374 g/mol. The predicted octanol–water partition coefficient (Wildman–Crippen LogP) is 4.13. The molecule has 24 heavy (non-hydrogen) atoms. The number of ether oxygens (including phenoxy) is 2. The van der Waals surface area contributed by atoms with Crippen LogP contribution < -0.4 is 9.47 Å². The summed E-state index contributed by atoms with van der Waals surface area (Å²) in [5.41, 5.74) is 1.29. The molecule has 0 spiro atoms. The molecule has 2 aromatic rings. The van der Waals surface area contributed by atoms with Crippen molar-refractivity contribution in [3.63, 3.8) is 0 Å². The first kappa shape index (κ1) is 16.3. The number of hydrogen-bond acceptors (Lipinski definition) is 4. The van der Waals surface area contributed by atoms with Crippen molar-refractivity contribution in [1.82, 2.24) is 4.90 Å². The second-order valence-corrected chi connectivity index (χ2v) is 6.33. The van der Waals surface area contributed by atoms with E-state index in [0.29, 0.717) is 17.1 Å². The summed E-state index contributed by atoms with van der Waals surface area (Å²) in [5.74, 6) is 0.740. The zero-order valence-corrected chi connectivity index (χ0v) is 14.7. The zero-order valence-electron chi connectivity index (χ0n) is 13.1. The van der Waals surface area contributed by atoms with Crippen LogP contribution in [0.15, 0.2) is 52.7 Å². The third kappa shape index (κ3) is 3.33. The van der Waals surface area contributed by atoms with Crippen LogP contribution in [0.2, 0.25) is 0 Å². The lowest BCUT2D eigenvalue weighted by molar-refractivity contribution is 0.101. The molecule has 0 bridgehead atoms. The van der Waals surface area contributed by atoms with Crippen LogP contribution in [0.1, 0.15) is 15.9 Å². The number of hydrogen-bond donors (Lipinski definition) is 0. The lowest BCUT2D eigenvalue weighted by atomic mass is 10.1. The van der Waals surface area contributed by atoms with Crippen molar-refractivity contribution in [2.24, 2.45) is 0 Å². The van der Waals surface area contributed by atoms with Crippen LogP contribution >= 0.6 is 15.9 Å². The molecule has 2 aromatic carbocycles. The van der Waals surface area contributed by atoms with Gasteiger partial charge in [-0.25, -0.2) is 4.79 Å². The maximum absolute atomic E-state index is 12.4. The van der Waals surface area contributed by atoms with Gasteiger partial charge >= 0.3 is 6.09 Å². The minimum Gasteiger partial charge on any atom is -0.452 e. The van der Waals surface area contributed by atoms with Crippen molar-refractivity contribution in [2.45, 2.75) is 0 Å². The zero-order chi connectivity index (χ0) is 17.3. The molecule has 3 rings (SSSR count). The fourth-order valence-electron chi connectivity index (χ4n) is 2.17. The van der Waals surface area contributed by atoms with E-state index >= 15 is 0 Å². The number of ketones is 1. The molecule has 1 amide bonds. The Hall–Kier alpha value is -2.60. The Labute approximate surface area is 147 Å². The summed E-state index contributed by atoms with van der Waals surface area (Å²) < 4.78 is 11.7. The summed E-state index contributed by atoms with van der Waals surface area (Å²) in [6.45, 7) is 0. The third-order valence-electron chi connectivity index (χ3n) is 3.36. The van der Waals surface area contributed by atoms with E-state index in [0.717, 1.165) is 10.0 Å². The molecule has 1 aliphatic heterocycles. The molecule has 0 saturated carbocycles. The second-order valence-electron chi connectivity index (χ2n) is 5.42. The van der Waals surface area contributed by atoms with Gasteiger partial charge in [-0.2, -0.15) is 0 Å². The van der Waals surface area contributed by atoms with Crippen molar-refractivity contribution >= 4 is 33.9 Å². The quantitative estimate of drug-likeness (QED) is 0.727. The Morgan fingerprint density at radius 2 is 2.00 bits per heavy atom. The number of fused-ring (bicyclic) bond motifs is 1. The molecule has 0 saturated heterocycles. The molecule has 0 unspecified atom stereocenters. The van der Waals surface area contributed by atoms with Crippen molar-refractivity contribution < 1.29 is 19.1 Å². The van der Waals surface area contributed by atoms with Crippen LogP contribution in [0.3, 0.4) is 0 Å². The monoisotopic (exact) mass is 387 g/mol. The molecule has 122 valence electrons. The van der Waals surface area contributed by atoms with E-state index in [-0.39, 0.29) is 11.5 Å². The number of amides is 1. The molecule has 6 heteroatoms. The van der Waals surface area contributed by atoms with E-state index in [9.17, 15) is 9.59 Å². The van der Waals surface area contributed by atoms with Crippen molar-refractivity contribution in [3.8, 4) is 11.5 Å². The van der Waals surface area contributed by atoms with Gasteiger partial charge in [0, 0.05) is 24.6 Å². The average Bonchev–Trinajstić information content (AvgIpc) is 2.83. The molecule has 0 fully saturated rings. The average molecular weight is 388 g/mol. The van der Waals surface area contributed by atoms with Crippen molar-refractivity contribution in [2.75, 3.05) is 14.1 Å². The topological polar surface area (TPSA) is 55.8 Å². The van der Waals surface area contributed by atoms with Gasteiger partial charge in [-0.1, -0.05) is 28.1 Å². The first-order chi connectivity index (χ1) is 11.4. The lowest BCUT2D eigenvalue weighted by Crippen LogP contribution is -2.25. The molecule has 1 heterocycles. The number of Topliss-reactive ketones (excluding diaryl/α,β-unsaturated/α-hetero) is 1. The van der Waals surface area contributed by atoms with Gasteiger partial charge in [0.15, 0.2) is 5.76 Å². The van der Waals surface area contributed by atoms with Crippen molar-refractivity contribution in [1.29, 1.82) is 0 Å². The van der Waals surface area contributed by atoms with Crippen LogP contribution in [-0.4, -0.2) is 30.9 Å². The smallest absolute Gasteiger partial charge is 0.414 e. The van der Waals surface area contributed by atoms with Gasteiger partial charge in [-0.05, 0) is 35.9 Å². The molecule has 1 aliphatic rings. The molecular formula is C18H14BrNO4. The summed E-state index contributed by atoms with van der Waals surface area (Å²) in [7, 11) is 3.18. The number of halogens is 1. The third-order valence-corrected chi connectivity index (χ3v) is 3.85. The Morgan fingerprint density at radius 1 is 1.21 bits per heavy atom. The summed E-state index contributed by atoms with van der Waals surface area (Å²) in [6, 6.07) is 12.2. The van der Waals surface area contributed by atoms with Gasteiger partial charge in [0.1, 0.15) is 11.5 Å². The van der Waals surface area contributed by atoms with E-state index < -0.39 is 6.09 Å². The van der Waals surface area contributed by atoms with Gasteiger partial charge in [0.25, 0.3) is 0 Å². The maximum atomic E-state index is 12.4. The van der Waals surface area contributed by atoms with Gasteiger partial charge in [-0.15, -0.1) is 0 Å². The van der Waals surface area contributed by atoms with Gasteiger partial charge in [-0.3, -0.25) is 4.79 Å². The van der Waals surface area contributed by atoms with E-state index in [1.54, 1.807) is 32.3 Å². The van der Waals surface area contributed by atoms with E-state index in [2.05, 4.69) is 15.9 Å². The number of benzene rings is 2. The highest BCUT2D eigenvalue weighted by Crippen LogP contribution is 2.35. The lowest BCUT2D eigenvalue weighted by Gasteiger charge is -2.10. The van der Waals surface area contributed by atoms with Crippen LogP contribution in [0.5, 0.6) is 11.5 Å². The summed E-state index contributed by atoms with van der Waals surface area (Å²) in [6.07, 6.45) is 1.18. The number of allylic oxidation sites excluding steroid dienone is 1. The van der Waals surface area contributed by atoms with Gasteiger partial charge in [0.05, 0.1) is 5.56 Å². The Kier molecular flexibility index (Phi) is 4.40. The highest BCUT2D eigenvalue weighted by atomic mass is 79.9. The van der Waals surface area contributed by atoms with Crippen LogP contribution in [-0.2, 0) is 0 Å². The number of carbonyl (C=O) groups excluding carboxylic acids is 2. The Bertz CT molecular complexity index is 858. The van der Waals surface area contributed by atoms with E-state index in [4.69, 9.17) is 9.47 Å². The minimum atomic E-state index is -0.496. The normalized spacial score (nSPS) is 14.3. The second kappa shape index (κ2) is 6.49. The van der Waals surface area contributed by atoms with Gasteiger partial charge in [0.2, 0.25) is 5.78 Å². The highest BCUT2D eigenvalue weighted by Gasteiger charge is 2.28. The van der Waals surface area contributed by atoms with E-state index in [1.165, 1.54) is 11.0 Å². The van der Waals surface area contributed by atoms with Gasteiger partial charge < -0.3 is 14.4 Å². The molecule has 0 aromatic heterocycles. The summed E-state index contributed by atoms with van der Waals surface area (Å²) >= 11 is 3.39. The summed E-state index contributed by atoms with van der Waals surface area (Å²) in [5, 5.41) is 0. The fraction of sp³-hybridized carbons (Fsp3) is 0.111. The first-order valence-electron chi connectivity index (χ1n) is 7.17. The van der Waals surface area contributed by atoms with Crippen LogP contribution in [0.25, 0.3) is 6.08 Å². The SMILES string of the molecule is CN(C)C(=O)Oc1ccc2c(c1)O/C(=C\c1cccc(Br)c1)C2=O. The van der Waals surface area contributed by atoms with E-state index in [1.807, 2.05) is 24.3 Å². The molecule has 0 atom stereocenters. The fourth-order valence-corrected chi connectivity index (χ4v) is 2.59. The molecule has 5 nitrogen and oxygen atoms in total. The highest BCUT2D eigenvalue weighted by molar-refractivity contribution is 9.10. The first-order valence-corrected chi connectivity index (χ1v) is 7.96. The Morgan fingerprint density at radius 3 is 2.71 bits per heavy atom. The largest absolute Gasteiger partial charge is 0.452 e. The number of nitrogens with zero attached hydrogens (tertiary/aromatic N) is 1.